The minimum atomic E-state index is -1.98. The normalized spacial score (nSPS) is 27.3. The van der Waals surface area contributed by atoms with Crippen LogP contribution in [0.3, 0.4) is 0 Å². The summed E-state index contributed by atoms with van der Waals surface area (Å²) in [6.45, 7) is 1.77. The monoisotopic (exact) mass is 1360 g/mol. The average molecular weight is 1360 g/mol. The molecule has 3 aliphatic heterocycles. The standard InChI is InChI=1S/C76H143NO18/c1-3-5-7-9-11-13-15-17-19-20-21-22-23-24-25-26-27-28-29-30-31-32-33-34-35-36-37-38-40-42-44-46-48-50-52-54-64(82)77-59(60(81)53-51-49-47-45-43-41-39-18-16-14-12-10-8-6-4-2)58-90-74-70(88)67(85)72(62(56-79)92-74)95-76-71(89)68(86)73(63(57-80)93-76)94-75-69(87)66(84)65(83)61(55-78)91-75/h20-21,51,53,59-63,65-76,78-81,83-89H,3-19,22-50,52,54-58H2,1-2H3,(H,77,82)/b21-20-,53-51+. The number of aliphatic hydroxyl groups excluding tert-OH is 11. The highest BCUT2D eigenvalue weighted by molar-refractivity contribution is 5.76. The smallest absolute Gasteiger partial charge is 0.220 e. The lowest BCUT2D eigenvalue weighted by Gasteiger charge is -2.48. The van der Waals surface area contributed by atoms with Crippen molar-refractivity contribution in [2.24, 2.45) is 0 Å². The Morgan fingerprint density at radius 1 is 0.368 bits per heavy atom. The fourth-order valence-corrected chi connectivity index (χ4v) is 13.4. The molecule has 0 aliphatic carbocycles. The molecule has 3 rings (SSSR count). The van der Waals surface area contributed by atoms with Crippen LogP contribution in [-0.4, -0.2) is 193 Å². The molecule has 19 nitrogen and oxygen atoms in total. The molecule has 3 fully saturated rings. The van der Waals surface area contributed by atoms with Crippen molar-refractivity contribution >= 4 is 5.91 Å². The molecule has 0 radical (unpaired) electrons. The van der Waals surface area contributed by atoms with Crippen molar-refractivity contribution in [2.75, 3.05) is 26.4 Å². The third kappa shape index (κ3) is 38.8. The Hall–Kier alpha value is -1.73. The first-order valence-electron chi connectivity index (χ1n) is 39.1. The van der Waals surface area contributed by atoms with Crippen molar-refractivity contribution in [3.05, 3.63) is 24.3 Å². The molecule has 1 amide bonds. The van der Waals surface area contributed by atoms with Crippen LogP contribution in [0.15, 0.2) is 24.3 Å². The highest BCUT2D eigenvalue weighted by Crippen LogP contribution is 2.33. The zero-order valence-electron chi connectivity index (χ0n) is 59.7. The Balaban J connectivity index is 1.32. The zero-order valence-corrected chi connectivity index (χ0v) is 59.7. The van der Waals surface area contributed by atoms with Gasteiger partial charge in [-0.15, -0.1) is 0 Å². The van der Waals surface area contributed by atoms with Gasteiger partial charge in [0.25, 0.3) is 0 Å². The second kappa shape index (κ2) is 57.8. The fourth-order valence-electron chi connectivity index (χ4n) is 13.4. The highest BCUT2D eigenvalue weighted by atomic mass is 16.8. The van der Waals surface area contributed by atoms with Gasteiger partial charge >= 0.3 is 0 Å². The molecular weight excluding hydrogens is 1210 g/mol. The van der Waals surface area contributed by atoms with E-state index in [4.69, 9.17) is 28.4 Å². The van der Waals surface area contributed by atoms with E-state index in [0.717, 1.165) is 44.9 Å². The summed E-state index contributed by atoms with van der Waals surface area (Å²) in [5.74, 6) is -0.269. The van der Waals surface area contributed by atoms with Gasteiger partial charge in [-0.2, -0.15) is 0 Å². The summed E-state index contributed by atoms with van der Waals surface area (Å²) in [6, 6.07) is -0.970. The molecule has 0 aromatic rings. The second-order valence-electron chi connectivity index (χ2n) is 28.2. The Morgan fingerprint density at radius 3 is 1.02 bits per heavy atom. The fraction of sp³-hybridized carbons (Fsp3) is 0.934. The maximum atomic E-state index is 13.4. The predicted octanol–water partition coefficient (Wildman–Crippen LogP) is 12.2. The van der Waals surface area contributed by atoms with Crippen LogP contribution in [0.1, 0.15) is 322 Å². The minimum Gasteiger partial charge on any atom is -0.394 e. The third-order valence-corrected chi connectivity index (χ3v) is 19.7. The average Bonchev–Trinajstić information content (AvgIpc) is 0.799. The molecule has 17 atom stereocenters. The van der Waals surface area contributed by atoms with E-state index >= 15 is 0 Å². The van der Waals surface area contributed by atoms with E-state index < -0.39 is 124 Å². The molecule has 0 saturated carbocycles. The van der Waals surface area contributed by atoms with Crippen molar-refractivity contribution in [3.63, 3.8) is 0 Å². The number of allylic oxidation sites excluding steroid dienone is 3. The van der Waals surface area contributed by atoms with E-state index in [0.29, 0.717) is 6.42 Å². The van der Waals surface area contributed by atoms with Gasteiger partial charge in [0, 0.05) is 6.42 Å². The van der Waals surface area contributed by atoms with Crippen LogP contribution in [0, 0.1) is 0 Å². The van der Waals surface area contributed by atoms with Crippen molar-refractivity contribution in [3.8, 4) is 0 Å². The van der Waals surface area contributed by atoms with Gasteiger partial charge in [0.2, 0.25) is 5.91 Å². The molecule has 3 saturated heterocycles. The number of amides is 1. The first-order chi connectivity index (χ1) is 46.3. The number of carbonyl (C=O) groups is 1. The quantitative estimate of drug-likeness (QED) is 0.0199. The largest absolute Gasteiger partial charge is 0.394 e. The van der Waals surface area contributed by atoms with Crippen molar-refractivity contribution < 1.29 is 89.4 Å². The summed E-state index contributed by atoms with van der Waals surface area (Å²) in [5.41, 5.74) is 0. The number of hydrogen-bond donors (Lipinski definition) is 12. The summed E-state index contributed by atoms with van der Waals surface area (Å²) in [7, 11) is 0. The minimum absolute atomic E-state index is 0.249. The second-order valence-corrected chi connectivity index (χ2v) is 28.2. The highest BCUT2D eigenvalue weighted by Gasteiger charge is 2.53. The van der Waals surface area contributed by atoms with E-state index in [2.05, 4.69) is 31.3 Å². The molecule has 95 heavy (non-hydrogen) atoms. The van der Waals surface area contributed by atoms with Crippen LogP contribution in [0.25, 0.3) is 0 Å². The van der Waals surface area contributed by atoms with Gasteiger partial charge in [-0.05, 0) is 44.9 Å². The molecule has 0 aromatic heterocycles. The van der Waals surface area contributed by atoms with Crippen LogP contribution < -0.4 is 5.32 Å². The van der Waals surface area contributed by atoms with Crippen molar-refractivity contribution in [2.45, 2.75) is 426 Å². The lowest BCUT2D eigenvalue weighted by Crippen LogP contribution is -2.66. The van der Waals surface area contributed by atoms with E-state index in [1.54, 1.807) is 6.08 Å². The predicted molar refractivity (Wildman–Crippen MR) is 374 cm³/mol. The van der Waals surface area contributed by atoms with E-state index in [1.165, 1.54) is 250 Å². The van der Waals surface area contributed by atoms with E-state index in [9.17, 15) is 61.0 Å². The van der Waals surface area contributed by atoms with Crippen LogP contribution in [0.2, 0.25) is 0 Å². The summed E-state index contributed by atoms with van der Waals surface area (Å²) in [6.07, 6.45) is 41.9. The van der Waals surface area contributed by atoms with Gasteiger partial charge in [0.15, 0.2) is 18.9 Å². The summed E-state index contributed by atoms with van der Waals surface area (Å²) >= 11 is 0. The molecule has 560 valence electrons. The van der Waals surface area contributed by atoms with Crippen LogP contribution >= 0.6 is 0 Å². The van der Waals surface area contributed by atoms with E-state index in [-0.39, 0.29) is 18.9 Å². The lowest BCUT2D eigenvalue weighted by atomic mass is 9.96. The van der Waals surface area contributed by atoms with Crippen molar-refractivity contribution in [1.82, 2.24) is 5.32 Å². The molecule has 19 heteroatoms. The zero-order chi connectivity index (χ0) is 68.9. The summed E-state index contributed by atoms with van der Waals surface area (Å²) in [4.78, 5) is 13.4. The van der Waals surface area contributed by atoms with Crippen LogP contribution in [-0.2, 0) is 33.2 Å². The Kier molecular flexibility index (Phi) is 53.3. The first-order valence-corrected chi connectivity index (χ1v) is 39.1. The number of hydrogen-bond acceptors (Lipinski definition) is 18. The Bertz CT molecular complexity index is 1810. The van der Waals surface area contributed by atoms with E-state index in [1.807, 2.05) is 6.08 Å². The Labute approximate surface area is 575 Å². The molecule has 17 unspecified atom stereocenters. The summed E-state index contributed by atoms with van der Waals surface area (Å²) in [5, 5.41) is 121. The molecular formula is C76H143NO18. The molecule has 12 N–H and O–H groups in total. The van der Waals surface area contributed by atoms with Gasteiger partial charge in [0.05, 0.1) is 38.6 Å². The first kappa shape index (κ1) is 87.5. The number of aliphatic hydroxyl groups is 11. The van der Waals surface area contributed by atoms with Gasteiger partial charge in [0.1, 0.15) is 73.2 Å². The lowest BCUT2D eigenvalue weighted by molar-refractivity contribution is -0.379. The maximum Gasteiger partial charge on any atom is 0.220 e. The SMILES string of the molecule is CCCCCCCCCC/C=C\CCCCCCCCCCCCCCCCCCCCCCCCCC(=O)NC(COC1OC(CO)C(OC2OC(CO)C(OC3OC(CO)C(O)C(O)C3O)C(O)C2O)C(O)C1O)C(O)/C=C/CCCCCCCCCCCCCCC. The van der Waals surface area contributed by atoms with Crippen LogP contribution in [0.5, 0.6) is 0 Å². The number of rotatable bonds is 62. The van der Waals surface area contributed by atoms with Gasteiger partial charge in [-0.3, -0.25) is 4.79 Å². The number of carbonyl (C=O) groups excluding carboxylic acids is 1. The molecule has 0 spiro atoms. The topological polar surface area (TPSA) is 307 Å². The molecule has 0 bridgehead atoms. The number of nitrogens with one attached hydrogen (secondary N) is 1. The molecule has 3 aliphatic rings. The van der Waals surface area contributed by atoms with Crippen LogP contribution in [0.4, 0.5) is 0 Å². The maximum absolute atomic E-state index is 13.4. The van der Waals surface area contributed by atoms with Gasteiger partial charge in [-0.25, -0.2) is 0 Å². The third-order valence-electron chi connectivity index (χ3n) is 19.7. The summed E-state index contributed by atoms with van der Waals surface area (Å²) < 4.78 is 34.4. The number of unbranched alkanes of at least 4 members (excludes halogenated alkanes) is 44. The molecule has 0 aromatic carbocycles. The van der Waals surface area contributed by atoms with Gasteiger partial charge < -0.3 is 89.9 Å². The Morgan fingerprint density at radius 2 is 0.663 bits per heavy atom. The van der Waals surface area contributed by atoms with Crippen molar-refractivity contribution in [1.29, 1.82) is 0 Å². The molecule has 3 heterocycles. The van der Waals surface area contributed by atoms with Gasteiger partial charge in [-0.1, -0.05) is 295 Å². The number of ether oxygens (including phenoxy) is 6.